The number of rotatable bonds is 6. The molecule has 5 heteroatoms. The van der Waals surface area contributed by atoms with E-state index < -0.39 is 0 Å². The van der Waals surface area contributed by atoms with Crippen LogP contribution in [0, 0.1) is 6.92 Å². The van der Waals surface area contributed by atoms with E-state index >= 15 is 0 Å². The molecule has 0 saturated heterocycles. The second kappa shape index (κ2) is 6.34. The summed E-state index contributed by atoms with van der Waals surface area (Å²) in [5, 5.41) is 7.71. The molecule has 5 nitrogen and oxygen atoms in total. The van der Waals surface area contributed by atoms with Crippen molar-refractivity contribution in [2.24, 2.45) is 12.8 Å². The number of aromatic nitrogens is 2. The van der Waals surface area contributed by atoms with E-state index in [0.717, 1.165) is 30.8 Å². The Hall–Kier alpha value is -2.14. The van der Waals surface area contributed by atoms with Gasteiger partial charge in [0.05, 0.1) is 5.69 Å². The number of carbonyl (C=O) groups excluding carboxylic acids is 1. The Labute approximate surface area is 118 Å². The second-order valence-corrected chi connectivity index (χ2v) is 4.91. The largest absolute Gasteiger partial charge is 0.366 e. The maximum atomic E-state index is 11.1. The molecule has 0 bridgehead atoms. The molecule has 2 rings (SSSR count). The highest BCUT2D eigenvalue weighted by Gasteiger charge is 2.04. The zero-order chi connectivity index (χ0) is 14.5. The molecule has 3 N–H and O–H groups in total. The highest BCUT2D eigenvalue weighted by molar-refractivity contribution is 5.93. The third-order valence-corrected chi connectivity index (χ3v) is 3.27. The Morgan fingerprint density at radius 2 is 2.20 bits per heavy atom. The van der Waals surface area contributed by atoms with E-state index in [1.165, 1.54) is 5.56 Å². The van der Waals surface area contributed by atoms with Crippen molar-refractivity contribution in [2.45, 2.75) is 19.9 Å². The van der Waals surface area contributed by atoms with Gasteiger partial charge >= 0.3 is 0 Å². The summed E-state index contributed by atoms with van der Waals surface area (Å²) in [4.78, 5) is 11.1. The van der Waals surface area contributed by atoms with E-state index in [2.05, 4.69) is 10.4 Å². The summed E-state index contributed by atoms with van der Waals surface area (Å²) in [7, 11) is 1.92. The number of amides is 1. The van der Waals surface area contributed by atoms with Crippen molar-refractivity contribution >= 4 is 5.91 Å². The van der Waals surface area contributed by atoms with Crippen LogP contribution in [0.1, 0.15) is 27.2 Å². The van der Waals surface area contributed by atoms with Crippen LogP contribution >= 0.6 is 0 Å². The molecular weight excluding hydrogens is 252 g/mol. The average Bonchev–Trinajstić information content (AvgIpc) is 2.81. The van der Waals surface area contributed by atoms with Crippen LogP contribution in [0.2, 0.25) is 0 Å². The van der Waals surface area contributed by atoms with Crippen molar-refractivity contribution in [2.75, 3.05) is 6.54 Å². The Balaban J connectivity index is 1.83. The summed E-state index contributed by atoms with van der Waals surface area (Å²) in [5.41, 5.74) is 9.15. The van der Waals surface area contributed by atoms with Crippen molar-refractivity contribution in [3.8, 4) is 0 Å². The van der Waals surface area contributed by atoms with Crippen molar-refractivity contribution in [3.63, 3.8) is 0 Å². The number of carbonyl (C=O) groups is 1. The monoisotopic (exact) mass is 272 g/mol. The van der Waals surface area contributed by atoms with Crippen LogP contribution in [0.15, 0.2) is 30.5 Å². The third-order valence-electron chi connectivity index (χ3n) is 3.27. The van der Waals surface area contributed by atoms with Gasteiger partial charge in [0.25, 0.3) is 0 Å². The fourth-order valence-electron chi connectivity index (χ4n) is 2.08. The van der Waals surface area contributed by atoms with Gasteiger partial charge in [-0.25, -0.2) is 0 Å². The van der Waals surface area contributed by atoms with Crippen molar-refractivity contribution in [1.82, 2.24) is 15.1 Å². The predicted molar refractivity (Wildman–Crippen MR) is 78.3 cm³/mol. The summed E-state index contributed by atoms with van der Waals surface area (Å²) < 4.78 is 1.81. The van der Waals surface area contributed by atoms with Crippen LogP contribution in [0.3, 0.4) is 0 Å². The molecule has 20 heavy (non-hydrogen) atoms. The lowest BCUT2D eigenvalue weighted by Crippen LogP contribution is -2.18. The highest BCUT2D eigenvalue weighted by Crippen LogP contribution is 2.10. The molecule has 0 radical (unpaired) electrons. The van der Waals surface area contributed by atoms with Gasteiger partial charge in [-0.15, -0.1) is 0 Å². The molecule has 0 spiro atoms. The minimum absolute atomic E-state index is 0.386. The van der Waals surface area contributed by atoms with Crippen molar-refractivity contribution in [3.05, 3.63) is 52.8 Å². The van der Waals surface area contributed by atoms with Crippen LogP contribution in [-0.2, 0) is 20.0 Å². The van der Waals surface area contributed by atoms with Crippen molar-refractivity contribution < 1.29 is 4.79 Å². The molecule has 1 aromatic carbocycles. The third kappa shape index (κ3) is 3.68. The number of benzene rings is 1. The lowest BCUT2D eigenvalue weighted by atomic mass is 10.0. The van der Waals surface area contributed by atoms with Gasteiger partial charge in [0.2, 0.25) is 5.91 Å². The quantitative estimate of drug-likeness (QED) is 0.775. The molecular formula is C15H20N4O. The summed E-state index contributed by atoms with van der Waals surface area (Å²) in [6.45, 7) is 3.63. The molecule has 0 saturated carbocycles. The number of hydrogen-bond donors (Lipinski definition) is 2. The Bertz CT molecular complexity index is 604. The molecule has 0 aliphatic rings. The van der Waals surface area contributed by atoms with Crippen LogP contribution in [0.5, 0.6) is 0 Å². The lowest BCUT2D eigenvalue weighted by Gasteiger charge is -2.08. The first kappa shape index (κ1) is 14.3. The van der Waals surface area contributed by atoms with Gasteiger partial charge in [-0.1, -0.05) is 6.07 Å². The average molecular weight is 272 g/mol. The van der Waals surface area contributed by atoms with E-state index in [-0.39, 0.29) is 5.91 Å². The topological polar surface area (TPSA) is 72.9 Å². The van der Waals surface area contributed by atoms with Gasteiger partial charge < -0.3 is 11.1 Å². The smallest absolute Gasteiger partial charge is 0.248 e. The first-order chi connectivity index (χ1) is 9.56. The zero-order valence-electron chi connectivity index (χ0n) is 11.9. The number of primary amides is 1. The van der Waals surface area contributed by atoms with Gasteiger partial charge in [0.1, 0.15) is 0 Å². The molecule has 106 valence electrons. The Morgan fingerprint density at radius 3 is 2.80 bits per heavy atom. The fraction of sp³-hybridized carbons (Fsp3) is 0.333. The SMILES string of the molecule is Cc1cc(C(N)=O)ccc1CNCCc1ccn(C)n1. The number of hydrogen-bond acceptors (Lipinski definition) is 3. The first-order valence-corrected chi connectivity index (χ1v) is 6.65. The molecule has 1 amide bonds. The predicted octanol–water partition coefficient (Wildman–Crippen LogP) is 1.16. The van der Waals surface area contributed by atoms with E-state index in [1.54, 1.807) is 6.07 Å². The molecule has 0 unspecified atom stereocenters. The van der Waals surface area contributed by atoms with Crippen LogP contribution in [0.25, 0.3) is 0 Å². The molecule has 1 heterocycles. The molecule has 0 aliphatic heterocycles. The number of nitrogens with two attached hydrogens (primary N) is 1. The number of nitrogens with one attached hydrogen (secondary N) is 1. The van der Waals surface area contributed by atoms with E-state index in [0.29, 0.717) is 5.56 Å². The number of nitrogens with zero attached hydrogens (tertiary/aromatic N) is 2. The minimum Gasteiger partial charge on any atom is -0.366 e. The Kier molecular flexibility index (Phi) is 4.53. The Morgan fingerprint density at radius 1 is 1.40 bits per heavy atom. The lowest BCUT2D eigenvalue weighted by molar-refractivity contribution is 0.1000. The highest BCUT2D eigenvalue weighted by atomic mass is 16.1. The van der Waals surface area contributed by atoms with Gasteiger partial charge in [0, 0.05) is 38.3 Å². The zero-order valence-corrected chi connectivity index (χ0v) is 11.9. The van der Waals surface area contributed by atoms with E-state index in [1.807, 2.05) is 43.0 Å². The molecule has 2 aromatic rings. The molecule has 0 fully saturated rings. The first-order valence-electron chi connectivity index (χ1n) is 6.65. The maximum Gasteiger partial charge on any atom is 0.248 e. The van der Waals surface area contributed by atoms with Crippen LogP contribution in [-0.4, -0.2) is 22.2 Å². The van der Waals surface area contributed by atoms with Gasteiger partial charge in [-0.3, -0.25) is 9.48 Å². The van der Waals surface area contributed by atoms with Crippen molar-refractivity contribution in [1.29, 1.82) is 0 Å². The second-order valence-electron chi connectivity index (χ2n) is 4.91. The summed E-state index contributed by atoms with van der Waals surface area (Å²) in [5.74, 6) is -0.386. The molecule has 1 aromatic heterocycles. The summed E-state index contributed by atoms with van der Waals surface area (Å²) in [6, 6.07) is 7.57. The minimum atomic E-state index is -0.386. The van der Waals surface area contributed by atoms with Gasteiger partial charge in [-0.2, -0.15) is 5.10 Å². The molecule has 0 atom stereocenters. The normalized spacial score (nSPS) is 10.7. The van der Waals surface area contributed by atoms with E-state index in [4.69, 9.17) is 5.73 Å². The van der Waals surface area contributed by atoms with Crippen LogP contribution in [0.4, 0.5) is 0 Å². The van der Waals surface area contributed by atoms with Gasteiger partial charge in [-0.05, 0) is 36.2 Å². The molecule has 0 aliphatic carbocycles. The van der Waals surface area contributed by atoms with E-state index in [9.17, 15) is 4.79 Å². The maximum absolute atomic E-state index is 11.1. The van der Waals surface area contributed by atoms with Crippen LogP contribution < -0.4 is 11.1 Å². The summed E-state index contributed by atoms with van der Waals surface area (Å²) in [6.07, 6.45) is 2.85. The fourth-order valence-corrected chi connectivity index (χ4v) is 2.08. The number of aryl methyl sites for hydroxylation is 2. The van der Waals surface area contributed by atoms with Gasteiger partial charge in [0.15, 0.2) is 0 Å². The summed E-state index contributed by atoms with van der Waals surface area (Å²) >= 11 is 0. The standard InChI is InChI=1S/C15H20N4O/c1-11-9-12(15(16)20)3-4-13(11)10-17-7-5-14-6-8-19(2)18-14/h3-4,6,8-9,17H,5,7,10H2,1-2H3,(H2,16,20).